The van der Waals surface area contributed by atoms with Crippen LogP contribution in [0, 0.1) is 0 Å². The van der Waals surface area contributed by atoms with Crippen molar-refractivity contribution in [1.29, 1.82) is 0 Å². The number of aromatic nitrogens is 19. The van der Waals surface area contributed by atoms with Gasteiger partial charge in [-0.1, -0.05) is 237 Å². The number of para-hydroxylation sites is 9. The van der Waals surface area contributed by atoms with E-state index < -0.39 is 0 Å². The van der Waals surface area contributed by atoms with Crippen molar-refractivity contribution in [3.63, 3.8) is 0 Å². The summed E-state index contributed by atoms with van der Waals surface area (Å²) in [5.74, 6) is 1.37. The van der Waals surface area contributed by atoms with E-state index in [1.807, 2.05) is 116 Å². The molecule has 0 bridgehead atoms. The first-order valence-corrected chi connectivity index (χ1v) is 43.6. The third kappa shape index (κ3) is 11.7. The second-order valence-electron chi connectivity index (χ2n) is 32.6. The zero-order valence-electron chi connectivity index (χ0n) is 70.3. The van der Waals surface area contributed by atoms with Crippen molar-refractivity contribution in [2.45, 2.75) is 0 Å². The van der Waals surface area contributed by atoms with E-state index in [2.05, 4.69) is 320 Å². The van der Waals surface area contributed by atoms with Gasteiger partial charge in [0.05, 0.1) is 135 Å². The summed E-state index contributed by atoms with van der Waals surface area (Å²) in [4.78, 5) is 62.7. The van der Waals surface area contributed by atoms with E-state index in [1.165, 1.54) is 0 Å². The van der Waals surface area contributed by atoms with Gasteiger partial charge >= 0.3 is 0 Å². The molecule has 0 radical (unpaired) electrons. The van der Waals surface area contributed by atoms with Gasteiger partial charge in [0.1, 0.15) is 19.0 Å². The van der Waals surface area contributed by atoms with Crippen molar-refractivity contribution in [2.24, 2.45) is 0 Å². The molecule has 0 N–H and O–H groups in total. The number of rotatable bonds is 10. The first-order chi connectivity index (χ1) is 65.6. The van der Waals surface area contributed by atoms with E-state index in [-0.39, 0.29) is 0 Å². The summed E-state index contributed by atoms with van der Waals surface area (Å²) < 4.78 is 13.9. The number of benzene rings is 14. The lowest BCUT2D eigenvalue weighted by atomic mass is 10.0. The molecule has 0 saturated carbocycles. The zero-order chi connectivity index (χ0) is 86.9. The van der Waals surface area contributed by atoms with Gasteiger partial charge in [-0.05, 0) is 115 Å². The van der Waals surface area contributed by atoms with Gasteiger partial charge in [-0.3, -0.25) is 24.1 Å². The monoisotopic (exact) mass is 1690 g/mol. The van der Waals surface area contributed by atoms with Crippen molar-refractivity contribution in [3.8, 4) is 79.8 Å². The molecule has 14 heterocycles. The third-order valence-corrected chi connectivity index (χ3v) is 25.4. The smallest absolute Gasteiger partial charge is 0.235 e. The van der Waals surface area contributed by atoms with Gasteiger partial charge in [0.15, 0.2) is 5.82 Å². The molecule has 132 heavy (non-hydrogen) atoms. The minimum atomic E-state index is 0.616. The minimum Gasteiger partial charge on any atom is -0.307 e. The van der Waals surface area contributed by atoms with E-state index in [0.717, 1.165) is 237 Å². The number of pyridine rings is 3. The summed E-state index contributed by atoms with van der Waals surface area (Å²) in [7, 11) is 0. The molecule has 19 heteroatoms. The Morgan fingerprint density at radius 2 is 0.508 bits per heavy atom. The van der Waals surface area contributed by atoms with E-state index in [1.54, 1.807) is 31.4 Å². The van der Waals surface area contributed by atoms with Gasteiger partial charge < -0.3 is 18.3 Å². The molecular weight excluding hydrogens is 1620 g/mol. The maximum atomic E-state index is 5.19. The Morgan fingerprint density at radius 1 is 0.182 bits per heavy atom. The van der Waals surface area contributed by atoms with Gasteiger partial charge in [-0.25, -0.2) is 49.8 Å². The maximum absolute atomic E-state index is 5.19. The summed E-state index contributed by atoms with van der Waals surface area (Å²) >= 11 is 0. The maximum Gasteiger partial charge on any atom is 0.235 e. The Kier molecular flexibility index (Phi) is 17.4. The molecule has 0 aliphatic rings. The number of hydrogen-bond acceptors (Lipinski definition) is 13. The van der Waals surface area contributed by atoms with Crippen molar-refractivity contribution < 1.29 is 0 Å². The lowest BCUT2D eigenvalue weighted by Crippen LogP contribution is -2.03. The molecule has 0 spiro atoms. The highest BCUT2D eigenvalue weighted by molar-refractivity contribution is 6.39. The predicted molar refractivity (Wildman–Crippen MR) is 531 cm³/mol. The molecule has 19 nitrogen and oxygen atoms in total. The molecule has 0 atom stereocenters. The van der Waals surface area contributed by atoms with Crippen LogP contribution in [0.15, 0.2) is 420 Å². The Balaban J connectivity index is 0.000000104. The zero-order valence-corrected chi connectivity index (χ0v) is 70.3. The van der Waals surface area contributed by atoms with Crippen molar-refractivity contribution in [1.82, 2.24) is 92.2 Å². The van der Waals surface area contributed by atoms with Crippen LogP contribution in [0.2, 0.25) is 0 Å². The summed E-state index contributed by atoms with van der Waals surface area (Å²) in [5, 5.41) is 16.3. The lowest BCUT2D eigenvalue weighted by Gasteiger charge is -2.15. The fourth-order valence-corrected chi connectivity index (χ4v) is 20.1. The van der Waals surface area contributed by atoms with Crippen molar-refractivity contribution >= 4 is 164 Å². The summed E-state index contributed by atoms with van der Waals surface area (Å²) in [6, 6.07) is 121. The van der Waals surface area contributed by atoms with E-state index >= 15 is 0 Å². The van der Waals surface area contributed by atoms with Crippen LogP contribution in [0.5, 0.6) is 0 Å². The van der Waals surface area contributed by atoms with Crippen LogP contribution in [-0.2, 0) is 0 Å². The largest absolute Gasteiger partial charge is 0.307 e. The van der Waals surface area contributed by atoms with Crippen LogP contribution in [0.4, 0.5) is 0 Å². The SMILES string of the molecule is c1ccc(-c2ccnc(-n3c4ccccc4c4c5cncnc5c5c6ccccc6n(-c6ccccc6)c5c43)n2)cc1.c1ccc(-c2cncc(-n3c4ccccc4c4c5cncnc5c5c6ccccc6n(-c6ccccc6)c5c43)n2)cc1.c1ccc(-n2c3ccccc3c3c4ncncc4c4c5ccccc5n(-c5cc(-c6ccccn6)nc(-c6ccccn6)c5)c4c32)cc1. The van der Waals surface area contributed by atoms with Crippen LogP contribution in [-0.4, -0.2) is 92.2 Å². The van der Waals surface area contributed by atoms with Gasteiger partial charge in [0, 0.05) is 146 Å². The molecule has 28 aromatic rings. The first-order valence-electron chi connectivity index (χ1n) is 43.6. The molecule has 0 unspecified atom stereocenters. The minimum absolute atomic E-state index is 0.616. The van der Waals surface area contributed by atoms with Crippen LogP contribution >= 0.6 is 0 Å². The topological polar surface area (TPSA) is 197 Å². The fourth-order valence-electron chi connectivity index (χ4n) is 20.1. The number of nitrogens with zero attached hydrogens (tertiary/aromatic N) is 19. The van der Waals surface area contributed by atoms with E-state index in [4.69, 9.17) is 44.9 Å². The molecule has 0 saturated heterocycles. The molecule has 0 aliphatic heterocycles. The molecule has 0 aliphatic carbocycles. The molecule has 14 aromatic heterocycles. The summed E-state index contributed by atoms with van der Waals surface area (Å²) in [5.41, 5.74) is 26.7. The third-order valence-electron chi connectivity index (χ3n) is 25.4. The number of fused-ring (bicyclic) bond motifs is 30. The van der Waals surface area contributed by atoms with Crippen LogP contribution in [0.3, 0.4) is 0 Å². The molecule has 14 aromatic carbocycles. The standard InChI is InChI=1S/C41H25N7.2C36H22N6/c1-2-12-26(13-3-1)47-36-19-7-5-15-29(36)38-39-30(24-42-25-45-39)37-28-14-4-6-18-35(28)48(40(37)41(38)47)27-22-33(31-16-8-10-20-43-31)46-34(23-27)32-17-9-11-21-44-32;1-3-11-23(12-4-1)28-20-37-21-31(40-28)42-30-18-10-7-15-25(30)32-27-19-38-22-39-34(27)33-26-16-8-9-17-29(26)41(36(33)35(32)42)24-13-5-2-6-14-24;1-3-11-23(12-4-1)28-19-20-38-36(40-28)42-30-18-10-7-15-25(30)31-27-21-37-22-39-33(27)32-26-16-8-9-17-29(26)41(35(32)34(31)42)24-13-5-2-6-14-24/h1-25H;2*1-22H. The average Bonchev–Trinajstić information content (AvgIpc) is 1.53. The summed E-state index contributed by atoms with van der Waals surface area (Å²) in [6.45, 7) is 0. The Labute approximate surface area is 751 Å². The van der Waals surface area contributed by atoms with Gasteiger partial charge in [-0.2, -0.15) is 0 Å². The molecule has 0 fully saturated rings. The number of hydrogen-bond donors (Lipinski definition) is 0. The normalized spacial score (nSPS) is 11.8. The van der Waals surface area contributed by atoms with E-state index in [0.29, 0.717) is 5.95 Å². The Morgan fingerprint density at radius 3 is 0.909 bits per heavy atom. The summed E-state index contributed by atoms with van der Waals surface area (Å²) in [6.07, 6.45) is 19.9. The molecule has 616 valence electrons. The lowest BCUT2D eigenvalue weighted by molar-refractivity contribution is 0.991. The second-order valence-corrected chi connectivity index (χ2v) is 32.6. The Hall–Kier alpha value is -18.5. The fraction of sp³-hybridized carbons (Fsp3) is 0. The molecule has 0 amide bonds. The second kappa shape index (κ2) is 30.7. The first kappa shape index (κ1) is 74.9. The quantitative estimate of drug-likeness (QED) is 0.125. The van der Waals surface area contributed by atoms with Crippen LogP contribution in [0.25, 0.3) is 243 Å². The van der Waals surface area contributed by atoms with Gasteiger partial charge in [0.2, 0.25) is 5.95 Å². The highest BCUT2D eigenvalue weighted by Gasteiger charge is 2.31. The Bertz CT molecular complexity index is 9060. The molecular formula is C113H69N19. The average molecular weight is 1690 g/mol. The van der Waals surface area contributed by atoms with Crippen molar-refractivity contribution in [2.75, 3.05) is 0 Å². The highest BCUT2D eigenvalue weighted by atomic mass is 15.2. The molecule has 28 rings (SSSR count). The van der Waals surface area contributed by atoms with Crippen molar-refractivity contribution in [3.05, 3.63) is 420 Å². The van der Waals surface area contributed by atoms with Gasteiger partial charge in [0.25, 0.3) is 0 Å². The van der Waals surface area contributed by atoms with Crippen LogP contribution < -0.4 is 0 Å². The highest BCUT2D eigenvalue weighted by Crippen LogP contribution is 2.51. The van der Waals surface area contributed by atoms with Crippen LogP contribution in [0.1, 0.15) is 0 Å². The van der Waals surface area contributed by atoms with E-state index in [9.17, 15) is 0 Å². The predicted octanol–water partition coefficient (Wildman–Crippen LogP) is 25.9. The van der Waals surface area contributed by atoms with Gasteiger partial charge in [-0.15, -0.1) is 0 Å².